The number of fused-ring (bicyclic) bond motifs is 1. The molecule has 0 fully saturated rings. The number of aliphatic hydroxyl groups excluding tert-OH is 1. The fraction of sp³-hybridized carbons (Fsp3) is 0.259. The fourth-order valence-corrected chi connectivity index (χ4v) is 4.10. The summed E-state index contributed by atoms with van der Waals surface area (Å²) in [5.41, 5.74) is 3.69. The minimum atomic E-state index is -0.786. The normalized spacial score (nSPS) is 17.8. The van der Waals surface area contributed by atoms with E-state index in [0.717, 1.165) is 22.4 Å². The molecule has 2 N–H and O–H groups in total. The Morgan fingerprint density at radius 1 is 0.939 bits per heavy atom. The summed E-state index contributed by atoms with van der Waals surface area (Å²) in [5.74, 6) is -0.382. The number of para-hydroxylation sites is 1. The molecule has 0 saturated heterocycles. The van der Waals surface area contributed by atoms with Gasteiger partial charge < -0.3 is 20.1 Å². The molecule has 3 aromatic carbocycles. The lowest BCUT2D eigenvalue weighted by Gasteiger charge is -2.25. The predicted octanol–water partition coefficient (Wildman–Crippen LogP) is 3.60. The van der Waals surface area contributed by atoms with E-state index in [9.17, 15) is 9.59 Å². The second-order valence-corrected chi connectivity index (χ2v) is 8.00. The molecule has 2 atom stereocenters. The summed E-state index contributed by atoms with van der Waals surface area (Å²) in [5, 5.41) is 11.6. The molecule has 2 unspecified atom stereocenters. The summed E-state index contributed by atoms with van der Waals surface area (Å²) in [6, 6.07) is 27.5. The van der Waals surface area contributed by atoms with Gasteiger partial charge in [0.1, 0.15) is 12.2 Å². The van der Waals surface area contributed by atoms with Crippen molar-refractivity contribution in [2.24, 2.45) is 0 Å². The number of aliphatic hydroxyl groups is 1. The molecule has 0 aromatic heterocycles. The van der Waals surface area contributed by atoms with Crippen molar-refractivity contribution in [1.29, 1.82) is 0 Å². The van der Waals surface area contributed by atoms with Crippen LogP contribution in [0.3, 0.4) is 0 Å². The van der Waals surface area contributed by atoms with Crippen molar-refractivity contribution in [2.45, 2.75) is 31.6 Å². The smallest absolute Gasteiger partial charge is 0.256 e. The Balaban J connectivity index is 1.70. The van der Waals surface area contributed by atoms with E-state index >= 15 is 0 Å². The third kappa shape index (κ3) is 5.48. The molecule has 6 heteroatoms. The van der Waals surface area contributed by atoms with E-state index in [1.165, 1.54) is 0 Å². The summed E-state index contributed by atoms with van der Waals surface area (Å²) in [6.07, 6.45) is -0.838. The van der Waals surface area contributed by atoms with E-state index in [1.54, 1.807) is 4.90 Å². The predicted molar refractivity (Wildman–Crippen MR) is 127 cm³/mol. The zero-order valence-electron chi connectivity index (χ0n) is 18.4. The van der Waals surface area contributed by atoms with Crippen LogP contribution in [0.1, 0.15) is 35.6 Å². The second kappa shape index (κ2) is 10.9. The minimum absolute atomic E-state index is 0.124. The van der Waals surface area contributed by atoms with E-state index in [-0.39, 0.29) is 37.8 Å². The van der Waals surface area contributed by atoms with E-state index in [0.29, 0.717) is 6.54 Å². The minimum Gasteiger partial charge on any atom is -0.395 e. The summed E-state index contributed by atoms with van der Waals surface area (Å²) >= 11 is 0. The number of anilines is 1. The number of ether oxygens (including phenoxy) is 1. The van der Waals surface area contributed by atoms with Crippen LogP contribution in [0.25, 0.3) is 0 Å². The Bertz CT molecular complexity index is 1070. The molecule has 4 rings (SSSR count). The van der Waals surface area contributed by atoms with Crippen molar-refractivity contribution >= 4 is 17.5 Å². The number of benzene rings is 3. The number of amides is 2. The van der Waals surface area contributed by atoms with E-state index < -0.39 is 12.2 Å². The van der Waals surface area contributed by atoms with Gasteiger partial charge in [0.15, 0.2) is 0 Å². The maximum Gasteiger partial charge on any atom is 0.256 e. The van der Waals surface area contributed by atoms with Crippen LogP contribution in [0, 0.1) is 0 Å². The average Bonchev–Trinajstić information content (AvgIpc) is 2.97. The van der Waals surface area contributed by atoms with Gasteiger partial charge in [0.05, 0.1) is 18.8 Å². The number of nitrogens with zero attached hydrogens (tertiary/aromatic N) is 1. The highest BCUT2D eigenvalue weighted by Crippen LogP contribution is 2.39. The van der Waals surface area contributed by atoms with Crippen molar-refractivity contribution in [2.75, 3.05) is 18.1 Å². The number of rotatable bonds is 8. The number of hydrogen-bond donors (Lipinski definition) is 2. The number of hydrogen-bond acceptors (Lipinski definition) is 4. The van der Waals surface area contributed by atoms with Gasteiger partial charge >= 0.3 is 0 Å². The lowest BCUT2D eigenvalue weighted by molar-refractivity contribution is -0.133. The Morgan fingerprint density at radius 2 is 1.61 bits per heavy atom. The molecule has 1 aliphatic rings. The van der Waals surface area contributed by atoms with Gasteiger partial charge in [-0.2, -0.15) is 0 Å². The van der Waals surface area contributed by atoms with Crippen molar-refractivity contribution in [1.82, 2.24) is 5.32 Å². The molecular weight excluding hydrogens is 416 g/mol. The van der Waals surface area contributed by atoms with Crippen LogP contribution in [-0.2, 0) is 20.9 Å². The molecule has 1 aliphatic heterocycles. The van der Waals surface area contributed by atoms with Crippen molar-refractivity contribution in [3.8, 4) is 0 Å². The Labute approximate surface area is 193 Å². The molecule has 6 nitrogen and oxygen atoms in total. The third-order valence-corrected chi connectivity index (χ3v) is 5.71. The molecule has 0 bridgehead atoms. The standard InChI is InChI=1S/C27H28N2O4/c30-18-17-28-25(31)16-15-24-27(32)29(19-20-9-3-1-4-10-20)23-14-8-7-13-22(23)26(33-24)21-11-5-2-6-12-21/h1-14,24,26,30H,15-19H2,(H,28,31). The van der Waals surface area contributed by atoms with Gasteiger partial charge in [-0.05, 0) is 23.6 Å². The molecule has 33 heavy (non-hydrogen) atoms. The van der Waals surface area contributed by atoms with Crippen LogP contribution in [0.4, 0.5) is 5.69 Å². The molecule has 3 aromatic rings. The van der Waals surface area contributed by atoms with E-state index in [4.69, 9.17) is 9.84 Å². The van der Waals surface area contributed by atoms with Gasteiger partial charge in [-0.3, -0.25) is 9.59 Å². The van der Waals surface area contributed by atoms with Gasteiger partial charge in [0, 0.05) is 18.5 Å². The van der Waals surface area contributed by atoms with Crippen LogP contribution >= 0.6 is 0 Å². The quantitative estimate of drug-likeness (QED) is 0.557. The molecule has 0 radical (unpaired) electrons. The molecule has 2 amide bonds. The lowest BCUT2D eigenvalue weighted by Crippen LogP contribution is -2.39. The number of carbonyl (C=O) groups excluding carboxylic acids is 2. The summed E-state index contributed by atoms with van der Waals surface area (Å²) in [4.78, 5) is 27.7. The Kier molecular flexibility index (Phi) is 7.50. The maximum atomic E-state index is 13.7. The van der Waals surface area contributed by atoms with Gasteiger partial charge in [-0.1, -0.05) is 78.9 Å². The first-order chi connectivity index (χ1) is 16.2. The third-order valence-electron chi connectivity index (χ3n) is 5.71. The lowest BCUT2D eigenvalue weighted by atomic mass is 9.99. The molecule has 0 spiro atoms. The van der Waals surface area contributed by atoms with Gasteiger partial charge in [0.2, 0.25) is 5.91 Å². The Morgan fingerprint density at radius 3 is 2.33 bits per heavy atom. The highest BCUT2D eigenvalue weighted by Gasteiger charge is 2.36. The average molecular weight is 445 g/mol. The first-order valence-corrected chi connectivity index (χ1v) is 11.2. The Hall–Kier alpha value is -3.48. The molecule has 0 aliphatic carbocycles. The summed E-state index contributed by atoms with van der Waals surface area (Å²) in [6.45, 7) is 0.478. The van der Waals surface area contributed by atoms with Crippen LogP contribution in [-0.4, -0.2) is 36.2 Å². The monoisotopic (exact) mass is 444 g/mol. The first-order valence-electron chi connectivity index (χ1n) is 11.2. The largest absolute Gasteiger partial charge is 0.395 e. The first kappa shape index (κ1) is 22.7. The molecule has 0 saturated carbocycles. The van der Waals surface area contributed by atoms with E-state index in [2.05, 4.69) is 5.32 Å². The topological polar surface area (TPSA) is 78.9 Å². The second-order valence-electron chi connectivity index (χ2n) is 8.00. The fourth-order valence-electron chi connectivity index (χ4n) is 4.10. The van der Waals surface area contributed by atoms with Crippen molar-refractivity contribution < 1.29 is 19.4 Å². The summed E-state index contributed by atoms with van der Waals surface area (Å²) < 4.78 is 6.44. The van der Waals surface area contributed by atoms with Crippen molar-refractivity contribution in [3.05, 3.63) is 102 Å². The SMILES string of the molecule is O=C(CCC1OC(c2ccccc2)c2ccccc2N(Cc2ccccc2)C1=O)NCCO. The molecule has 170 valence electrons. The van der Waals surface area contributed by atoms with E-state index in [1.807, 2.05) is 84.9 Å². The summed E-state index contributed by atoms with van der Waals surface area (Å²) in [7, 11) is 0. The van der Waals surface area contributed by atoms with Gasteiger partial charge in [-0.15, -0.1) is 0 Å². The van der Waals surface area contributed by atoms with Gasteiger partial charge in [-0.25, -0.2) is 0 Å². The number of nitrogens with one attached hydrogen (secondary N) is 1. The van der Waals surface area contributed by atoms with Crippen LogP contribution in [0.15, 0.2) is 84.9 Å². The highest BCUT2D eigenvalue weighted by atomic mass is 16.5. The highest BCUT2D eigenvalue weighted by molar-refractivity contribution is 5.98. The van der Waals surface area contributed by atoms with Crippen LogP contribution in [0.2, 0.25) is 0 Å². The van der Waals surface area contributed by atoms with Crippen molar-refractivity contribution in [3.63, 3.8) is 0 Å². The molecule has 1 heterocycles. The molecular formula is C27H28N2O4. The zero-order valence-corrected chi connectivity index (χ0v) is 18.4. The van der Waals surface area contributed by atoms with Gasteiger partial charge in [0.25, 0.3) is 5.91 Å². The van der Waals surface area contributed by atoms with Crippen LogP contribution < -0.4 is 10.2 Å². The zero-order chi connectivity index (χ0) is 23.0. The van der Waals surface area contributed by atoms with Crippen LogP contribution in [0.5, 0.6) is 0 Å². The number of carbonyl (C=O) groups is 2. The maximum absolute atomic E-state index is 13.7.